The first-order chi connectivity index (χ1) is 9.65. The maximum Gasteiger partial charge on any atom is 0.313 e. The average Bonchev–Trinajstić information content (AvgIpc) is 2.79. The summed E-state index contributed by atoms with van der Waals surface area (Å²) in [6.07, 6.45) is 7.82. The van der Waals surface area contributed by atoms with Crippen LogP contribution in [0.4, 0.5) is 4.39 Å². The molecule has 1 aromatic rings. The number of hydrogen-bond donors (Lipinski definition) is 0. The zero-order valence-electron chi connectivity index (χ0n) is 11.7. The second kappa shape index (κ2) is 5.51. The number of carbonyl (C=O) groups excluding carboxylic acids is 1. The lowest BCUT2D eigenvalue weighted by atomic mass is 9.67. The molecular formula is C16H20FNO2. The first-order valence-corrected chi connectivity index (χ1v) is 7.42. The predicted octanol–water partition coefficient (Wildman–Crippen LogP) is 3.30. The lowest BCUT2D eigenvalue weighted by Crippen LogP contribution is -2.36. The van der Waals surface area contributed by atoms with Crippen LogP contribution in [0.1, 0.15) is 44.1 Å². The summed E-state index contributed by atoms with van der Waals surface area (Å²) in [7, 11) is 0. The van der Waals surface area contributed by atoms with Crippen LogP contribution < -0.4 is 0 Å². The number of nitrogens with zero attached hydrogens (tertiary/aromatic N) is 1. The summed E-state index contributed by atoms with van der Waals surface area (Å²) in [6, 6.07) is 1.34. The standard InChI is InChI=1S/C16H20FNO2/c1-10(12-6-14(17)8-18-7-12)16(19)20-9-13-5-11-3-2-4-15(11)13/h6-8,10-11,13,15H,2-5,9H2,1H3. The minimum Gasteiger partial charge on any atom is -0.465 e. The second-order valence-electron chi connectivity index (χ2n) is 6.14. The average molecular weight is 277 g/mol. The molecule has 0 aromatic carbocycles. The minimum absolute atomic E-state index is 0.279. The Morgan fingerprint density at radius 3 is 3.10 bits per heavy atom. The van der Waals surface area contributed by atoms with E-state index in [0.717, 1.165) is 18.0 Å². The number of esters is 1. The van der Waals surface area contributed by atoms with Crippen LogP contribution >= 0.6 is 0 Å². The van der Waals surface area contributed by atoms with Crippen LogP contribution in [0.15, 0.2) is 18.5 Å². The van der Waals surface area contributed by atoms with Gasteiger partial charge in [-0.3, -0.25) is 9.78 Å². The normalized spacial score (nSPS) is 29.4. The van der Waals surface area contributed by atoms with Gasteiger partial charge in [-0.05, 0) is 49.1 Å². The van der Waals surface area contributed by atoms with E-state index in [1.165, 1.54) is 37.9 Å². The molecule has 20 heavy (non-hydrogen) atoms. The van der Waals surface area contributed by atoms with E-state index in [1.807, 2.05) is 0 Å². The number of fused-ring (bicyclic) bond motifs is 1. The topological polar surface area (TPSA) is 39.2 Å². The molecule has 0 bridgehead atoms. The highest BCUT2D eigenvalue weighted by Crippen LogP contribution is 2.51. The van der Waals surface area contributed by atoms with Crippen LogP contribution in [0, 0.1) is 23.6 Å². The Labute approximate surface area is 118 Å². The van der Waals surface area contributed by atoms with Gasteiger partial charge in [-0.25, -0.2) is 4.39 Å². The fourth-order valence-electron chi connectivity index (χ4n) is 3.65. The largest absolute Gasteiger partial charge is 0.465 e. The monoisotopic (exact) mass is 277 g/mol. The Bertz CT molecular complexity index is 505. The Morgan fingerprint density at radius 2 is 2.35 bits per heavy atom. The lowest BCUT2D eigenvalue weighted by molar-refractivity contribution is -0.149. The Morgan fingerprint density at radius 1 is 1.50 bits per heavy atom. The summed E-state index contributed by atoms with van der Waals surface area (Å²) >= 11 is 0. The van der Waals surface area contributed by atoms with Gasteiger partial charge in [0.05, 0.1) is 18.7 Å². The molecule has 3 rings (SSSR count). The number of ether oxygens (including phenoxy) is 1. The van der Waals surface area contributed by atoms with Crippen molar-refractivity contribution in [1.29, 1.82) is 0 Å². The summed E-state index contributed by atoms with van der Waals surface area (Å²) in [6.45, 7) is 2.25. The molecule has 1 heterocycles. The Kier molecular flexibility index (Phi) is 3.72. The molecule has 0 aliphatic heterocycles. The number of pyridine rings is 1. The first kappa shape index (κ1) is 13.5. The van der Waals surface area contributed by atoms with Crippen LogP contribution in [0.25, 0.3) is 0 Å². The van der Waals surface area contributed by atoms with Gasteiger partial charge in [-0.15, -0.1) is 0 Å². The molecule has 2 saturated carbocycles. The molecule has 0 N–H and O–H groups in total. The van der Waals surface area contributed by atoms with Crippen molar-refractivity contribution in [1.82, 2.24) is 4.98 Å². The van der Waals surface area contributed by atoms with E-state index in [4.69, 9.17) is 4.74 Å². The van der Waals surface area contributed by atoms with Gasteiger partial charge in [0.15, 0.2) is 0 Å². The third-order valence-corrected chi connectivity index (χ3v) is 4.95. The molecule has 108 valence electrons. The molecule has 2 aliphatic rings. The van der Waals surface area contributed by atoms with Crippen molar-refractivity contribution in [3.8, 4) is 0 Å². The quantitative estimate of drug-likeness (QED) is 0.793. The molecule has 1 aromatic heterocycles. The zero-order valence-corrected chi connectivity index (χ0v) is 11.7. The SMILES string of the molecule is CC(C(=O)OCC1CC2CCCC21)c1cncc(F)c1. The van der Waals surface area contributed by atoms with Crippen molar-refractivity contribution in [2.45, 2.75) is 38.5 Å². The Hall–Kier alpha value is -1.45. The highest BCUT2D eigenvalue weighted by molar-refractivity contribution is 5.77. The molecule has 0 saturated heterocycles. The lowest BCUT2D eigenvalue weighted by Gasteiger charge is -2.40. The van der Waals surface area contributed by atoms with Gasteiger partial charge in [0.1, 0.15) is 5.82 Å². The van der Waals surface area contributed by atoms with Gasteiger partial charge in [0.2, 0.25) is 0 Å². The van der Waals surface area contributed by atoms with Gasteiger partial charge >= 0.3 is 5.97 Å². The zero-order chi connectivity index (χ0) is 14.1. The third kappa shape index (κ3) is 2.56. The summed E-state index contributed by atoms with van der Waals surface area (Å²) in [5.41, 5.74) is 0.572. The maximum absolute atomic E-state index is 13.1. The van der Waals surface area contributed by atoms with E-state index in [2.05, 4.69) is 4.98 Å². The van der Waals surface area contributed by atoms with Crippen LogP contribution in [-0.4, -0.2) is 17.6 Å². The molecule has 4 heteroatoms. The molecular weight excluding hydrogens is 257 g/mol. The van der Waals surface area contributed by atoms with E-state index in [1.54, 1.807) is 6.92 Å². The van der Waals surface area contributed by atoms with E-state index in [-0.39, 0.29) is 5.97 Å². The molecule has 4 atom stereocenters. The first-order valence-electron chi connectivity index (χ1n) is 7.42. The molecule has 3 nitrogen and oxygen atoms in total. The molecule has 0 amide bonds. The van der Waals surface area contributed by atoms with Crippen molar-refractivity contribution in [3.63, 3.8) is 0 Å². The van der Waals surface area contributed by atoms with Crippen molar-refractivity contribution in [2.24, 2.45) is 17.8 Å². The number of hydrogen-bond acceptors (Lipinski definition) is 3. The number of aromatic nitrogens is 1. The molecule has 2 aliphatic carbocycles. The van der Waals surface area contributed by atoms with Gasteiger partial charge in [-0.1, -0.05) is 12.8 Å². The van der Waals surface area contributed by atoms with E-state index >= 15 is 0 Å². The molecule has 2 fully saturated rings. The van der Waals surface area contributed by atoms with Crippen molar-refractivity contribution in [2.75, 3.05) is 6.61 Å². The van der Waals surface area contributed by atoms with Crippen molar-refractivity contribution >= 4 is 5.97 Å². The minimum atomic E-state index is -0.461. The summed E-state index contributed by atoms with van der Waals surface area (Å²) in [5.74, 6) is 1.04. The van der Waals surface area contributed by atoms with Crippen molar-refractivity contribution < 1.29 is 13.9 Å². The van der Waals surface area contributed by atoms with E-state index in [0.29, 0.717) is 18.1 Å². The maximum atomic E-state index is 13.1. The van der Waals surface area contributed by atoms with Crippen LogP contribution in [-0.2, 0) is 9.53 Å². The van der Waals surface area contributed by atoms with Crippen LogP contribution in [0.5, 0.6) is 0 Å². The second-order valence-corrected chi connectivity index (χ2v) is 6.14. The third-order valence-electron chi connectivity index (χ3n) is 4.95. The van der Waals surface area contributed by atoms with E-state index in [9.17, 15) is 9.18 Å². The predicted molar refractivity (Wildman–Crippen MR) is 72.5 cm³/mol. The van der Waals surface area contributed by atoms with Crippen LogP contribution in [0.2, 0.25) is 0 Å². The number of carbonyl (C=O) groups is 1. The van der Waals surface area contributed by atoms with Gasteiger partial charge in [-0.2, -0.15) is 0 Å². The van der Waals surface area contributed by atoms with Crippen molar-refractivity contribution in [3.05, 3.63) is 29.8 Å². The number of halogens is 1. The van der Waals surface area contributed by atoms with Gasteiger partial charge in [0, 0.05) is 6.20 Å². The molecule has 0 radical (unpaired) electrons. The summed E-state index contributed by atoms with van der Waals surface area (Å²) in [5, 5.41) is 0. The van der Waals surface area contributed by atoms with Gasteiger partial charge in [0.25, 0.3) is 0 Å². The van der Waals surface area contributed by atoms with E-state index < -0.39 is 11.7 Å². The molecule has 4 unspecified atom stereocenters. The Balaban J connectivity index is 1.51. The van der Waals surface area contributed by atoms with Crippen LogP contribution in [0.3, 0.4) is 0 Å². The fourth-order valence-corrected chi connectivity index (χ4v) is 3.65. The highest BCUT2D eigenvalue weighted by atomic mass is 19.1. The summed E-state index contributed by atoms with van der Waals surface area (Å²) < 4.78 is 18.5. The van der Waals surface area contributed by atoms with Gasteiger partial charge < -0.3 is 4.74 Å². The fraction of sp³-hybridized carbons (Fsp3) is 0.625. The molecule has 0 spiro atoms. The summed E-state index contributed by atoms with van der Waals surface area (Å²) in [4.78, 5) is 15.8. The smallest absolute Gasteiger partial charge is 0.313 e. The highest BCUT2D eigenvalue weighted by Gasteiger charge is 2.44. The number of rotatable bonds is 4.